The van der Waals surface area contributed by atoms with E-state index in [1.807, 2.05) is 13.8 Å². The Kier molecular flexibility index (Phi) is 3.09. The van der Waals surface area contributed by atoms with Crippen LogP contribution in [-0.4, -0.2) is 26.4 Å². The van der Waals surface area contributed by atoms with Crippen molar-refractivity contribution in [3.8, 4) is 0 Å². The van der Waals surface area contributed by atoms with E-state index in [-0.39, 0.29) is 0 Å². The number of sulfonamides is 1. The topological polar surface area (TPSA) is 69.4 Å². The fourth-order valence-corrected chi connectivity index (χ4v) is 2.69. The Morgan fingerprint density at radius 2 is 2.00 bits per heavy atom. The fraction of sp³-hybridized carbons (Fsp3) is 0.600. The zero-order valence-corrected chi connectivity index (χ0v) is 10.3. The molecule has 86 valence electrons. The summed E-state index contributed by atoms with van der Waals surface area (Å²) >= 11 is 0. The van der Waals surface area contributed by atoms with E-state index in [9.17, 15) is 8.42 Å². The lowest BCUT2D eigenvalue weighted by molar-refractivity contribution is 0.0779. The normalized spacial score (nSPS) is 32.2. The molecule has 0 spiro atoms. The molecule has 0 heterocycles. The van der Waals surface area contributed by atoms with Gasteiger partial charge in [0.1, 0.15) is 10.9 Å². The van der Waals surface area contributed by atoms with Gasteiger partial charge in [-0.05, 0) is 31.9 Å². The Labute approximate surface area is 90.9 Å². The molecule has 2 atom stereocenters. The van der Waals surface area contributed by atoms with Crippen molar-refractivity contribution in [2.75, 3.05) is 7.11 Å². The van der Waals surface area contributed by atoms with Crippen LogP contribution in [0.5, 0.6) is 0 Å². The Balaban J connectivity index is 3.24. The molecular formula is C10H17NO3S. The minimum Gasteiger partial charge on any atom is -0.370 e. The van der Waals surface area contributed by atoms with Gasteiger partial charge >= 0.3 is 0 Å². The van der Waals surface area contributed by atoms with Crippen molar-refractivity contribution < 1.29 is 13.2 Å². The van der Waals surface area contributed by atoms with E-state index in [1.54, 1.807) is 26.2 Å². The van der Waals surface area contributed by atoms with Gasteiger partial charge in [-0.2, -0.15) is 0 Å². The lowest BCUT2D eigenvalue weighted by atomic mass is 9.86. The quantitative estimate of drug-likeness (QED) is 0.719. The van der Waals surface area contributed by atoms with E-state index in [0.717, 1.165) is 11.1 Å². The number of primary sulfonamides is 1. The third-order valence-corrected chi connectivity index (χ3v) is 4.35. The van der Waals surface area contributed by atoms with Crippen molar-refractivity contribution in [1.82, 2.24) is 0 Å². The molecule has 0 fully saturated rings. The fourth-order valence-electron chi connectivity index (χ4n) is 1.72. The number of rotatable bonds is 2. The molecule has 0 amide bonds. The molecule has 2 N–H and O–H groups in total. The van der Waals surface area contributed by atoms with Crippen LogP contribution in [0.25, 0.3) is 0 Å². The van der Waals surface area contributed by atoms with Gasteiger partial charge in [-0.3, -0.25) is 0 Å². The largest absolute Gasteiger partial charge is 0.370 e. The van der Waals surface area contributed by atoms with Gasteiger partial charge in [0.2, 0.25) is 10.0 Å². The number of hydrogen-bond acceptors (Lipinski definition) is 3. The first-order valence-electron chi connectivity index (χ1n) is 4.66. The molecule has 2 unspecified atom stereocenters. The first-order valence-corrected chi connectivity index (χ1v) is 6.27. The van der Waals surface area contributed by atoms with E-state index in [1.165, 1.54) is 0 Å². The maximum absolute atomic E-state index is 11.3. The summed E-state index contributed by atoms with van der Waals surface area (Å²) in [5.41, 5.74) is 1.11. The second-order valence-corrected chi connectivity index (χ2v) is 5.67. The zero-order chi connectivity index (χ0) is 11.9. The lowest BCUT2D eigenvalue weighted by Gasteiger charge is -2.33. The molecule has 0 bridgehead atoms. The minimum absolute atomic E-state index is 0.523. The summed E-state index contributed by atoms with van der Waals surface area (Å²) < 4.78 is 27.9. The van der Waals surface area contributed by atoms with Crippen LogP contribution >= 0.6 is 0 Å². The van der Waals surface area contributed by atoms with Crippen molar-refractivity contribution in [2.45, 2.75) is 31.6 Å². The van der Waals surface area contributed by atoms with E-state index in [2.05, 4.69) is 0 Å². The maximum atomic E-state index is 11.3. The van der Waals surface area contributed by atoms with Gasteiger partial charge in [-0.25, -0.2) is 13.6 Å². The van der Waals surface area contributed by atoms with Gasteiger partial charge in [0.25, 0.3) is 0 Å². The Morgan fingerprint density at radius 3 is 2.40 bits per heavy atom. The maximum Gasteiger partial charge on any atom is 0.219 e. The van der Waals surface area contributed by atoms with Crippen LogP contribution in [0, 0.1) is 0 Å². The molecule has 1 aliphatic carbocycles. The van der Waals surface area contributed by atoms with Crippen molar-refractivity contribution in [2.24, 2.45) is 5.14 Å². The van der Waals surface area contributed by atoms with Gasteiger partial charge in [0.05, 0.1) is 0 Å². The molecule has 0 aliphatic heterocycles. The van der Waals surface area contributed by atoms with Crippen molar-refractivity contribution >= 4 is 10.0 Å². The van der Waals surface area contributed by atoms with Crippen LogP contribution in [0.2, 0.25) is 0 Å². The molecule has 0 aromatic carbocycles. The molecule has 1 aliphatic rings. The van der Waals surface area contributed by atoms with Crippen LogP contribution < -0.4 is 5.14 Å². The molecule has 0 aromatic rings. The van der Waals surface area contributed by atoms with E-state index >= 15 is 0 Å². The predicted molar refractivity (Wildman–Crippen MR) is 59.8 cm³/mol. The van der Waals surface area contributed by atoms with Crippen molar-refractivity contribution in [1.29, 1.82) is 0 Å². The molecule has 0 radical (unpaired) electrons. The van der Waals surface area contributed by atoms with Crippen LogP contribution in [-0.2, 0) is 14.8 Å². The first-order chi connectivity index (χ1) is 6.72. The number of methoxy groups -OCH3 is 1. The van der Waals surface area contributed by atoms with E-state index < -0.39 is 20.9 Å². The summed E-state index contributed by atoms with van der Waals surface area (Å²) in [6.45, 7) is 5.52. The van der Waals surface area contributed by atoms with Crippen LogP contribution in [0.4, 0.5) is 0 Å². The standard InChI is InChI=1S/C10H17NO3S/c1-7-8(2)10(3,14-4)6-5-9(7)15(11,12)13/h5-6,9H,1-4H3,(H2,11,12,13). The van der Waals surface area contributed by atoms with Crippen LogP contribution in [0.3, 0.4) is 0 Å². The molecule has 15 heavy (non-hydrogen) atoms. The third-order valence-electron chi connectivity index (χ3n) is 3.13. The second-order valence-electron chi connectivity index (χ2n) is 3.99. The molecule has 0 aromatic heterocycles. The molecule has 5 heteroatoms. The number of ether oxygens (including phenoxy) is 1. The number of nitrogens with two attached hydrogens (primary N) is 1. The van der Waals surface area contributed by atoms with E-state index in [0.29, 0.717) is 0 Å². The molecule has 0 saturated heterocycles. The molecular weight excluding hydrogens is 214 g/mol. The highest BCUT2D eigenvalue weighted by molar-refractivity contribution is 7.90. The molecule has 0 saturated carbocycles. The second kappa shape index (κ2) is 3.73. The zero-order valence-electron chi connectivity index (χ0n) is 9.44. The van der Waals surface area contributed by atoms with Crippen LogP contribution in [0.15, 0.2) is 23.3 Å². The smallest absolute Gasteiger partial charge is 0.219 e. The summed E-state index contributed by atoms with van der Waals surface area (Å²) in [4.78, 5) is 0. The molecule has 4 nitrogen and oxygen atoms in total. The Hall–Kier alpha value is -0.650. The highest BCUT2D eigenvalue weighted by Gasteiger charge is 2.34. The summed E-state index contributed by atoms with van der Waals surface area (Å²) in [7, 11) is -1.97. The summed E-state index contributed by atoms with van der Waals surface area (Å²) in [5.74, 6) is 0. The third kappa shape index (κ3) is 2.14. The van der Waals surface area contributed by atoms with Gasteiger partial charge in [0, 0.05) is 7.11 Å². The average Bonchev–Trinajstić information content (AvgIpc) is 2.12. The Bertz CT molecular complexity index is 422. The summed E-state index contributed by atoms with van der Waals surface area (Å²) in [6, 6.07) is 0. The monoisotopic (exact) mass is 231 g/mol. The molecule has 1 rings (SSSR count). The van der Waals surface area contributed by atoms with Gasteiger partial charge in [0.15, 0.2) is 0 Å². The van der Waals surface area contributed by atoms with Gasteiger partial charge in [-0.15, -0.1) is 0 Å². The van der Waals surface area contributed by atoms with Crippen molar-refractivity contribution in [3.05, 3.63) is 23.3 Å². The van der Waals surface area contributed by atoms with Crippen LogP contribution in [0.1, 0.15) is 20.8 Å². The first kappa shape index (κ1) is 12.4. The highest BCUT2D eigenvalue weighted by atomic mass is 32.2. The van der Waals surface area contributed by atoms with Crippen molar-refractivity contribution in [3.63, 3.8) is 0 Å². The minimum atomic E-state index is -3.57. The predicted octanol–water partition coefficient (Wildman–Crippen LogP) is 0.955. The lowest BCUT2D eigenvalue weighted by Crippen LogP contribution is -2.37. The SMILES string of the molecule is COC1(C)C=CC(S(N)(=O)=O)C(C)=C1C. The average molecular weight is 231 g/mol. The van der Waals surface area contributed by atoms with Gasteiger partial charge < -0.3 is 4.74 Å². The van der Waals surface area contributed by atoms with E-state index in [4.69, 9.17) is 9.88 Å². The highest BCUT2D eigenvalue weighted by Crippen LogP contribution is 2.32. The Morgan fingerprint density at radius 1 is 1.47 bits per heavy atom. The number of hydrogen-bond donors (Lipinski definition) is 1. The van der Waals surface area contributed by atoms with Gasteiger partial charge in [-0.1, -0.05) is 12.2 Å². The summed E-state index contributed by atoms with van der Waals surface area (Å²) in [5, 5.41) is 4.42. The summed E-state index contributed by atoms with van der Waals surface area (Å²) in [6.07, 6.45) is 3.32.